The molecule has 0 fully saturated rings. The van der Waals surface area contributed by atoms with E-state index in [0.29, 0.717) is 11.6 Å². The van der Waals surface area contributed by atoms with Gasteiger partial charge in [0.05, 0.1) is 16.3 Å². The fourth-order valence-electron chi connectivity index (χ4n) is 3.58. The average Bonchev–Trinajstić information content (AvgIpc) is 2.58. The SMILES string of the molecule is CC1CC(C)(C)N(C)c2ccc(C=Nc3ccc(Cl)c(C(=O)O)c3)cc21. The summed E-state index contributed by atoms with van der Waals surface area (Å²) in [6.45, 7) is 6.79. The minimum atomic E-state index is -1.06. The van der Waals surface area contributed by atoms with Gasteiger partial charge in [0.1, 0.15) is 0 Å². The lowest BCUT2D eigenvalue weighted by Crippen LogP contribution is -2.45. The second-order valence-corrected chi connectivity index (χ2v) is 7.93. The Bertz CT molecular complexity index is 890. The van der Waals surface area contributed by atoms with Crippen LogP contribution in [0.3, 0.4) is 0 Å². The maximum atomic E-state index is 11.2. The molecule has 0 saturated heterocycles. The van der Waals surface area contributed by atoms with E-state index in [0.717, 1.165) is 12.0 Å². The summed E-state index contributed by atoms with van der Waals surface area (Å²) >= 11 is 5.90. The van der Waals surface area contributed by atoms with Crippen LogP contribution in [0.25, 0.3) is 0 Å². The molecule has 0 amide bonds. The maximum Gasteiger partial charge on any atom is 0.337 e. The van der Waals surface area contributed by atoms with Crippen LogP contribution in [0.15, 0.2) is 41.4 Å². The first-order valence-corrected chi connectivity index (χ1v) is 9.01. The summed E-state index contributed by atoms with van der Waals surface area (Å²) in [7, 11) is 2.14. The van der Waals surface area contributed by atoms with Crippen LogP contribution in [0.5, 0.6) is 0 Å². The fourth-order valence-corrected chi connectivity index (χ4v) is 3.78. The summed E-state index contributed by atoms with van der Waals surface area (Å²) in [6, 6.07) is 11.1. The number of anilines is 1. The molecule has 2 aromatic carbocycles. The Kier molecular flexibility index (Phi) is 4.80. The van der Waals surface area contributed by atoms with Crippen molar-refractivity contribution >= 4 is 35.2 Å². The van der Waals surface area contributed by atoms with Gasteiger partial charge < -0.3 is 10.0 Å². The predicted octanol–water partition coefficient (Wildman–Crippen LogP) is 5.51. The van der Waals surface area contributed by atoms with Gasteiger partial charge in [0.15, 0.2) is 0 Å². The first-order valence-electron chi connectivity index (χ1n) is 8.64. The number of benzene rings is 2. The number of carboxylic acid groups (broad SMARTS) is 1. The summed E-state index contributed by atoms with van der Waals surface area (Å²) in [6.07, 6.45) is 2.86. The molecule has 26 heavy (non-hydrogen) atoms. The number of carbonyl (C=O) groups is 1. The van der Waals surface area contributed by atoms with Gasteiger partial charge in [0, 0.05) is 24.5 Å². The van der Waals surface area contributed by atoms with Crippen LogP contribution >= 0.6 is 11.6 Å². The number of aliphatic imine (C=N–C) groups is 1. The Morgan fingerprint density at radius 1 is 1.31 bits per heavy atom. The van der Waals surface area contributed by atoms with Crippen LogP contribution in [0.2, 0.25) is 5.02 Å². The van der Waals surface area contributed by atoms with Gasteiger partial charge in [-0.2, -0.15) is 0 Å². The van der Waals surface area contributed by atoms with Crippen molar-refractivity contribution < 1.29 is 9.90 Å². The normalized spacial score (nSPS) is 18.8. The summed E-state index contributed by atoms with van der Waals surface area (Å²) in [5.41, 5.74) is 4.33. The van der Waals surface area contributed by atoms with E-state index in [-0.39, 0.29) is 16.1 Å². The molecule has 1 unspecified atom stereocenters. The van der Waals surface area contributed by atoms with Gasteiger partial charge >= 0.3 is 5.97 Å². The lowest BCUT2D eigenvalue weighted by Gasteiger charge is -2.45. The van der Waals surface area contributed by atoms with E-state index < -0.39 is 5.97 Å². The molecule has 0 saturated carbocycles. The Morgan fingerprint density at radius 3 is 2.73 bits per heavy atom. The summed E-state index contributed by atoms with van der Waals surface area (Å²) < 4.78 is 0. The van der Waals surface area contributed by atoms with Crippen LogP contribution in [-0.2, 0) is 0 Å². The van der Waals surface area contributed by atoms with E-state index in [1.54, 1.807) is 18.3 Å². The highest BCUT2D eigenvalue weighted by Gasteiger charge is 2.33. The van der Waals surface area contributed by atoms with E-state index in [9.17, 15) is 4.79 Å². The van der Waals surface area contributed by atoms with Crippen molar-refractivity contribution in [3.63, 3.8) is 0 Å². The third-order valence-electron chi connectivity index (χ3n) is 5.20. The van der Waals surface area contributed by atoms with Crippen molar-refractivity contribution in [3.05, 3.63) is 58.1 Å². The average molecular weight is 371 g/mol. The lowest BCUT2D eigenvalue weighted by atomic mass is 9.80. The zero-order valence-corrected chi connectivity index (χ0v) is 16.2. The molecule has 1 aliphatic rings. The molecule has 1 aliphatic heterocycles. The smallest absolute Gasteiger partial charge is 0.337 e. The largest absolute Gasteiger partial charge is 0.478 e. The van der Waals surface area contributed by atoms with Crippen molar-refractivity contribution in [3.8, 4) is 0 Å². The molecule has 136 valence electrons. The van der Waals surface area contributed by atoms with E-state index >= 15 is 0 Å². The Balaban J connectivity index is 1.91. The number of nitrogens with zero attached hydrogens (tertiary/aromatic N) is 2. The maximum absolute atomic E-state index is 11.2. The Hall–Kier alpha value is -2.33. The quantitative estimate of drug-likeness (QED) is 0.724. The predicted molar refractivity (Wildman–Crippen MR) is 108 cm³/mol. The molecule has 0 aromatic heterocycles. The summed E-state index contributed by atoms with van der Waals surface area (Å²) in [4.78, 5) is 17.9. The van der Waals surface area contributed by atoms with E-state index in [1.807, 2.05) is 6.07 Å². The standard InChI is InChI=1S/C21H23ClN2O2/c1-13-11-21(2,3)24(4)19-8-5-14(9-16(13)19)12-23-15-6-7-18(22)17(10-15)20(25)26/h5-10,12-13H,11H2,1-4H3,(H,25,26). The monoisotopic (exact) mass is 370 g/mol. The van der Waals surface area contributed by atoms with Gasteiger partial charge in [-0.25, -0.2) is 4.79 Å². The van der Waals surface area contributed by atoms with E-state index in [1.165, 1.54) is 17.3 Å². The van der Waals surface area contributed by atoms with Crippen molar-refractivity contribution in [2.45, 2.75) is 38.6 Å². The molecule has 3 rings (SSSR count). The van der Waals surface area contributed by atoms with Gasteiger partial charge in [-0.3, -0.25) is 4.99 Å². The van der Waals surface area contributed by atoms with Crippen LogP contribution in [0, 0.1) is 0 Å². The number of hydrogen-bond acceptors (Lipinski definition) is 3. The molecule has 0 bridgehead atoms. The van der Waals surface area contributed by atoms with Crippen LogP contribution in [-0.4, -0.2) is 29.9 Å². The minimum Gasteiger partial charge on any atom is -0.478 e. The highest BCUT2D eigenvalue weighted by atomic mass is 35.5. The highest BCUT2D eigenvalue weighted by molar-refractivity contribution is 6.33. The van der Waals surface area contributed by atoms with E-state index in [2.05, 4.69) is 49.8 Å². The third kappa shape index (κ3) is 3.47. The van der Waals surface area contributed by atoms with Crippen LogP contribution < -0.4 is 4.90 Å². The number of halogens is 1. The molecular weight excluding hydrogens is 348 g/mol. The molecule has 0 spiro atoms. The van der Waals surface area contributed by atoms with Crippen LogP contribution in [0.4, 0.5) is 11.4 Å². The minimum absolute atomic E-state index is 0.0595. The van der Waals surface area contributed by atoms with Crippen LogP contribution in [0.1, 0.15) is 54.6 Å². The van der Waals surface area contributed by atoms with Crippen molar-refractivity contribution in [2.75, 3.05) is 11.9 Å². The summed E-state index contributed by atoms with van der Waals surface area (Å²) in [5, 5.41) is 9.38. The fraction of sp³-hybridized carbons (Fsp3) is 0.333. The molecule has 1 heterocycles. The molecule has 2 aromatic rings. The molecule has 0 radical (unpaired) electrons. The van der Waals surface area contributed by atoms with E-state index in [4.69, 9.17) is 16.7 Å². The lowest BCUT2D eigenvalue weighted by molar-refractivity contribution is 0.0697. The van der Waals surface area contributed by atoms with Gasteiger partial charge in [-0.1, -0.05) is 24.6 Å². The Labute approximate surface area is 159 Å². The number of carboxylic acids is 1. The number of aromatic carboxylic acids is 1. The second kappa shape index (κ2) is 6.76. The highest BCUT2D eigenvalue weighted by Crippen LogP contribution is 2.42. The molecule has 0 aliphatic carbocycles. The van der Waals surface area contributed by atoms with Gasteiger partial charge in [-0.15, -0.1) is 0 Å². The first-order chi connectivity index (χ1) is 12.2. The topological polar surface area (TPSA) is 52.9 Å². The number of rotatable bonds is 3. The third-order valence-corrected chi connectivity index (χ3v) is 5.53. The van der Waals surface area contributed by atoms with Crippen molar-refractivity contribution in [2.24, 2.45) is 4.99 Å². The molecule has 1 N–H and O–H groups in total. The zero-order chi connectivity index (χ0) is 19.1. The van der Waals surface area contributed by atoms with Crippen molar-refractivity contribution in [1.29, 1.82) is 0 Å². The molecule has 1 atom stereocenters. The molecule has 4 nitrogen and oxygen atoms in total. The Morgan fingerprint density at radius 2 is 2.04 bits per heavy atom. The van der Waals surface area contributed by atoms with Crippen molar-refractivity contribution in [1.82, 2.24) is 0 Å². The van der Waals surface area contributed by atoms with Gasteiger partial charge in [0.25, 0.3) is 0 Å². The first kappa shape index (κ1) is 18.5. The zero-order valence-electron chi connectivity index (χ0n) is 15.5. The summed E-state index contributed by atoms with van der Waals surface area (Å²) in [5.74, 6) is -0.584. The number of hydrogen-bond donors (Lipinski definition) is 1. The van der Waals surface area contributed by atoms with Gasteiger partial charge in [-0.05, 0) is 67.6 Å². The molecule has 5 heteroatoms. The second-order valence-electron chi connectivity index (χ2n) is 7.52. The van der Waals surface area contributed by atoms with Gasteiger partial charge in [0.2, 0.25) is 0 Å². The molecular formula is C21H23ClN2O2. The number of fused-ring (bicyclic) bond motifs is 1.